The molecule has 0 bridgehead atoms. The molecule has 2 rings (SSSR count). The van der Waals surface area contributed by atoms with E-state index in [9.17, 15) is 0 Å². The number of aryl methyl sites for hydroxylation is 1. The molecule has 0 atom stereocenters. The van der Waals surface area contributed by atoms with Crippen LogP contribution >= 0.6 is 0 Å². The Morgan fingerprint density at radius 1 is 1.33 bits per heavy atom. The molecule has 0 radical (unpaired) electrons. The minimum atomic E-state index is 0.297. The minimum Gasteiger partial charge on any atom is -0.497 e. The van der Waals surface area contributed by atoms with E-state index < -0.39 is 0 Å². The summed E-state index contributed by atoms with van der Waals surface area (Å²) in [7, 11) is 3.33. The lowest BCUT2D eigenvalue weighted by Crippen LogP contribution is -1.97. The Labute approximate surface area is 104 Å². The van der Waals surface area contributed by atoms with Crippen molar-refractivity contribution in [2.24, 2.45) is 7.05 Å². The van der Waals surface area contributed by atoms with Gasteiger partial charge in [0.25, 0.3) is 0 Å². The van der Waals surface area contributed by atoms with Gasteiger partial charge in [-0.1, -0.05) is 5.21 Å². The fourth-order valence-electron chi connectivity index (χ4n) is 1.46. The van der Waals surface area contributed by atoms with Crippen molar-refractivity contribution in [2.45, 2.75) is 6.61 Å². The summed E-state index contributed by atoms with van der Waals surface area (Å²) in [5.41, 5.74) is 1.21. The number of nitrogens with zero attached hydrogens (tertiary/aromatic N) is 4. The van der Waals surface area contributed by atoms with E-state index in [0.29, 0.717) is 23.7 Å². The zero-order chi connectivity index (χ0) is 13.0. The highest BCUT2D eigenvalue weighted by atomic mass is 16.5. The molecular formula is C12H12N4O2. The highest BCUT2D eigenvalue weighted by Crippen LogP contribution is 2.22. The van der Waals surface area contributed by atoms with E-state index in [-0.39, 0.29) is 0 Å². The number of ether oxygens (including phenoxy) is 2. The van der Waals surface area contributed by atoms with E-state index in [0.717, 1.165) is 5.69 Å². The van der Waals surface area contributed by atoms with Gasteiger partial charge in [0.1, 0.15) is 23.8 Å². The third kappa shape index (κ3) is 2.77. The zero-order valence-electron chi connectivity index (χ0n) is 10.1. The Hall–Kier alpha value is -2.55. The van der Waals surface area contributed by atoms with Gasteiger partial charge in [0, 0.05) is 13.1 Å². The van der Waals surface area contributed by atoms with Gasteiger partial charge in [0.15, 0.2) is 0 Å². The van der Waals surface area contributed by atoms with Gasteiger partial charge >= 0.3 is 0 Å². The second kappa shape index (κ2) is 5.19. The van der Waals surface area contributed by atoms with E-state index in [4.69, 9.17) is 14.7 Å². The molecule has 0 unspecified atom stereocenters. The van der Waals surface area contributed by atoms with Gasteiger partial charge in [-0.3, -0.25) is 4.68 Å². The van der Waals surface area contributed by atoms with Crippen molar-refractivity contribution in [3.8, 4) is 17.6 Å². The van der Waals surface area contributed by atoms with Crippen molar-refractivity contribution in [3.05, 3.63) is 35.7 Å². The van der Waals surface area contributed by atoms with E-state index >= 15 is 0 Å². The summed E-state index contributed by atoms with van der Waals surface area (Å²) in [6.07, 6.45) is 1.77. The van der Waals surface area contributed by atoms with Gasteiger partial charge in [0.05, 0.1) is 24.9 Å². The second-order valence-electron chi connectivity index (χ2n) is 3.68. The number of hydrogen-bond acceptors (Lipinski definition) is 5. The molecule has 0 N–H and O–H groups in total. The highest BCUT2D eigenvalue weighted by Gasteiger charge is 2.04. The molecule has 0 spiro atoms. The Morgan fingerprint density at radius 2 is 2.11 bits per heavy atom. The fourth-order valence-corrected chi connectivity index (χ4v) is 1.46. The summed E-state index contributed by atoms with van der Waals surface area (Å²) in [6.45, 7) is 0.297. The first-order valence-corrected chi connectivity index (χ1v) is 5.28. The first-order valence-electron chi connectivity index (χ1n) is 5.28. The number of rotatable bonds is 4. The zero-order valence-corrected chi connectivity index (χ0v) is 10.1. The van der Waals surface area contributed by atoms with Gasteiger partial charge in [-0.25, -0.2) is 0 Å². The molecule has 92 valence electrons. The number of benzene rings is 1. The molecule has 1 aromatic carbocycles. The minimum absolute atomic E-state index is 0.297. The van der Waals surface area contributed by atoms with Crippen LogP contribution in [0.4, 0.5) is 0 Å². The first kappa shape index (κ1) is 11.9. The van der Waals surface area contributed by atoms with Crippen LogP contribution in [0, 0.1) is 11.3 Å². The number of aromatic nitrogens is 3. The lowest BCUT2D eigenvalue weighted by Gasteiger charge is -2.06. The van der Waals surface area contributed by atoms with Crippen molar-refractivity contribution < 1.29 is 9.47 Å². The third-order valence-electron chi connectivity index (χ3n) is 2.28. The van der Waals surface area contributed by atoms with Crippen molar-refractivity contribution >= 4 is 0 Å². The quantitative estimate of drug-likeness (QED) is 0.809. The Kier molecular flexibility index (Phi) is 3.44. The van der Waals surface area contributed by atoms with Gasteiger partial charge in [0.2, 0.25) is 0 Å². The van der Waals surface area contributed by atoms with Gasteiger partial charge < -0.3 is 9.47 Å². The molecule has 1 heterocycles. The standard InChI is InChI=1S/C12H12N4O2/c1-16-7-10(14-15-16)8-18-12-4-9(6-13)3-11(5-12)17-2/h3-5,7H,8H2,1-2H3. The highest BCUT2D eigenvalue weighted by molar-refractivity contribution is 5.43. The Balaban J connectivity index is 2.11. The average Bonchev–Trinajstić information content (AvgIpc) is 2.81. The number of hydrogen-bond donors (Lipinski definition) is 0. The summed E-state index contributed by atoms with van der Waals surface area (Å²) in [5.74, 6) is 1.15. The summed E-state index contributed by atoms with van der Waals surface area (Å²) < 4.78 is 12.2. The lowest BCUT2D eigenvalue weighted by molar-refractivity contribution is 0.298. The molecule has 0 amide bonds. The van der Waals surface area contributed by atoms with Gasteiger partial charge in [-0.05, 0) is 12.1 Å². The van der Waals surface area contributed by atoms with Crippen molar-refractivity contribution in [2.75, 3.05) is 7.11 Å². The number of methoxy groups -OCH3 is 1. The predicted molar refractivity (Wildman–Crippen MR) is 63.0 cm³/mol. The topological polar surface area (TPSA) is 73.0 Å². The van der Waals surface area contributed by atoms with E-state index in [1.807, 2.05) is 0 Å². The molecule has 0 aliphatic carbocycles. The fraction of sp³-hybridized carbons (Fsp3) is 0.250. The SMILES string of the molecule is COc1cc(C#N)cc(OCc2cn(C)nn2)c1. The van der Waals surface area contributed by atoms with Crippen molar-refractivity contribution in [1.82, 2.24) is 15.0 Å². The first-order chi connectivity index (χ1) is 8.71. The molecule has 1 aromatic heterocycles. The van der Waals surface area contributed by atoms with E-state index in [1.165, 1.54) is 0 Å². The molecule has 2 aromatic rings. The van der Waals surface area contributed by atoms with E-state index in [2.05, 4.69) is 16.4 Å². The van der Waals surface area contributed by atoms with Gasteiger partial charge in [-0.15, -0.1) is 5.10 Å². The maximum atomic E-state index is 8.88. The van der Waals surface area contributed by atoms with Crippen LogP contribution in [0.15, 0.2) is 24.4 Å². The summed E-state index contributed by atoms with van der Waals surface area (Å²) >= 11 is 0. The van der Waals surface area contributed by atoms with E-state index in [1.54, 1.807) is 43.2 Å². The Bertz CT molecular complexity index is 586. The molecule has 0 saturated carbocycles. The average molecular weight is 244 g/mol. The summed E-state index contributed by atoms with van der Waals surface area (Å²) in [5, 5.41) is 16.6. The van der Waals surface area contributed by atoms with Crippen LogP contribution in [0.5, 0.6) is 11.5 Å². The maximum Gasteiger partial charge on any atom is 0.134 e. The Morgan fingerprint density at radius 3 is 2.72 bits per heavy atom. The monoisotopic (exact) mass is 244 g/mol. The van der Waals surface area contributed by atoms with Crippen LogP contribution in [0.2, 0.25) is 0 Å². The van der Waals surface area contributed by atoms with Crippen LogP contribution in [0.1, 0.15) is 11.3 Å². The largest absolute Gasteiger partial charge is 0.497 e. The van der Waals surface area contributed by atoms with Crippen LogP contribution in [0.25, 0.3) is 0 Å². The van der Waals surface area contributed by atoms with Gasteiger partial charge in [-0.2, -0.15) is 5.26 Å². The molecule has 0 fully saturated rings. The lowest BCUT2D eigenvalue weighted by atomic mass is 10.2. The smallest absolute Gasteiger partial charge is 0.134 e. The molecule has 0 aliphatic rings. The normalized spacial score (nSPS) is 9.83. The molecule has 6 nitrogen and oxygen atoms in total. The molecule has 0 saturated heterocycles. The van der Waals surface area contributed by atoms with Crippen LogP contribution in [0.3, 0.4) is 0 Å². The summed E-state index contributed by atoms with van der Waals surface area (Å²) in [4.78, 5) is 0. The van der Waals surface area contributed by atoms with Crippen LogP contribution in [-0.4, -0.2) is 22.1 Å². The molecule has 18 heavy (non-hydrogen) atoms. The third-order valence-corrected chi connectivity index (χ3v) is 2.28. The molecular weight excluding hydrogens is 232 g/mol. The van der Waals surface area contributed by atoms with Crippen LogP contribution in [-0.2, 0) is 13.7 Å². The summed E-state index contributed by atoms with van der Waals surface area (Å²) in [6, 6.07) is 7.07. The second-order valence-corrected chi connectivity index (χ2v) is 3.68. The van der Waals surface area contributed by atoms with Crippen molar-refractivity contribution in [1.29, 1.82) is 5.26 Å². The predicted octanol–water partition coefficient (Wildman–Crippen LogP) is 1.27. The number of nitriles is 1. The molecule has 6 heteroatoms. The van der Waals surface area contributed by atoms with Crippen LogP contribution < -0.4 is 9.47 Å². The molecule has 0 aliphatic heterocycles. The van der Waals surface area contributed by atoms with Crippen molar-refractivity contribution in [3.63, 3.8) is 0 Å². The maximum absolute atomic E-state index is 8.88.